The van der Waals surface area contributed by atoms with E-state index >= 15 is 0 Å². The van der Waals surface area contributed by atoms with E-state index < -0.39 is 0 Å². The Kier molecular flexibility index (Phi) is 5.30. The first-order chi connectivity index (χ1) is 6.61. The number of rotatable bonds is 1. The minimum absolute atomic E-state index is 0.0331. The lowest BCUT2D eigenvalue weighted by molar-refractivity contribution is -0.117. The minimum atomic E-state index is -0.0331. The summed E-state index contributed by atoms with van der Waals surface area (Å²) in [5.74, 6) is -0.0331. The molecule has 0 radical (unpaired) electrons. The molecule has 0 spiro atoms. The molecule has 1 aliphatic rings. The standard InChI is InChI=1S/C10H13NO.C2H4/c1-7(2)6-9-8(3)4-5-11-10(9)12;1-2/h6H,1,3-5H2,2H3,(H,11,12);1-2H2/b9-6+;. The van der Waals surface area contributed by atoms with E-state index in [1.165, 1.54) is 0 Å². The van der Waals surface area contributed by atoms with Gasteiger partial charge in [-0.2, -0.15) is 0 Å². The summed E-state index contributed by atoms with van der Waals surface area (Å²) in [6.07, 6.45) is 2.61. The van der Waals surface area contributed by atoms with Crippen LogP contribution in [0.5, 0.6) is 0 Å². The number of amides is 1. The van der Waals surface area contributed by atoms with Gasteiger partial charge in [0.25, 0.3) is 5.91 Å². The van der Waals surface area contributed by atoms with Gasteiger partial charge in [-0.15, -0.1) is 13.2 Å². The number of carbonyl (C=O) groups excluding carboxylic acids is 1. The summed E-state index contributed by atoms with van der Waals surface area (Å²) < 4.78 is 0. The van der Waals surface area contributed by atoms with Gasteiger partial charge in [-0.1, -0.05) is 18.7 Å². The number of nitrogens with one attached hydrogen (secondary N) is 1. The third-order valence-corrected chi connectivity index (χ3v) is 1.73. The highest BCUT2D eigenvalue weighted by molar-refractivity contribution is 5.99. The molecule has 1 rings (SSSR count). The van der Waals surface area contributed by atoms with Gasteiger partial charge >= 0.3 is 0 Å². The Morgan fingerprint density at radius 1 is 1.50 bits per heavy atom. The molecule has 2 heteroatoms. The summed E-state index contributed by atoms with van der Waals surface area (Å²) in [7, 11) is 0. The van der Waals surface area contributed by atoms with E-state index in [2.05, 4.69) is 31.6 Å². The zero-order valence-electron chi connectivity index (χ0n) is 8.73. The molecular formula is C12H17NO. The van der Waals surface area contributed by atoms with Crippen molar-refractivity contribution in [2.45, 2.75) is 13.3 Å². The van der Waals surface area contributed by atoms with Crippen LogP contribution < -0.4 is 5.32 Å². The Hall–Kier alpha value is -1.57. The maximum atomic E-state index is 11.3. The monoisotopic (exact) mass is 191 g/mol. The summed E-state index contributed by atoms with van der Waals surface area (Å²) in [6, 6.07) is 0. The highest BCUT2D eigenvalue weighted by Gasteiger charge is 2.16. The smallest absolute Gasteiger partial charge is 0.251 e. The lowest BCUT2D eigenvalue weighted by Crippen LogP contribution is -2.31. The topological polar surface area (TPSA) is 29.1 Å². The van der Waals surface area contributed by atoms with Crippen LogP contribution in [0.3, 0.4) is 0 Å². The van der Waals surface area contributed by atoms with Gasteiger partial charge in [-0.05, 0) is 25.0 Å². The van der Waals surface area contributed by atoms with Crippen molar-refractivity contribution in [1.82, 2.24) is 5.32 Å². The fourth-order valence-electron chi connectivity index (χ4n) is 1.13. The lowest BCUT2D eigenvalue weighted by Gasteiger charge is -2.17. The number of piperidine rings is 1. The predicted octanol–water partition coefficient (Wildman–Crippen LogP) is 2.37. The van der Waals surface area contributed by atoms with Crippen molar-refractivity contribution in [2.24, 2.45) is 0 Å². The van der Waals surface area contributed by atoms with Crippen molar-refractivity contribution in [3.63, 3.8) is 0 Å². The van der Waals surface area contributed by atoms with E-state index in [9.17, 15) is 4.79 Å². The average Bonchev–Trinajstić information content (AvgIpc) is 2.15. The number of allylic oxidation sites excluding steroid dienone is 2. The van der Waals surface area contributed by atoms with Gasteiger partial charge in [-0.3, -0.25) is 4.79 Å². The van der Waals surface area contributed by atoms with Gasteiger partial charge in [0, 0.05) is 12.1 Å². The van der Waals surface area contributed by atoms with Gasteiger partial charge in [0.1, 0.15) is 0 Å². The molecule has 0 aliphatic carbocycles. The van der Waals surface area contributed by atoms with Crippen LogP contribution in [0.1, 0.15) is 13.3 Å². The Morgan fingerprint density at radius 2 is 2.07 bits per heavy atom. The summed E-state index contributed by atoms with van der Waals surface area (Å²) in [5, 5.41) is 2.76. The third-order valence-electron chi connectivity index (χ3n) is 1.73. The van der Waals surface area contributed by atoms with Crippen molar-refractivity contribution in [3.05, 3.63) is 49.1 Å². The normalized spacial score (nSPS) is 18.2. The van der Waals surface area contributed by atoms with E-state index in [1.807, 2.05) is 6.92 Å². The largest absolute Gasteiger partial charge is 0.352 e. The molecule has 1 fully saturated rings. The van der Waals surface area contributed by atoms with Crippen LogP contribution in [0.4, 0.5) is 0 Å². The molecule has 0 atom stereocenters. The van der Waals surface area contributed by atoms with Gasteiger partial charge in [-0.25, -0.2) is 0 Å². The molecule has 0 unspecified atom stereocenters. The fourth-order valence-corrected chi connectivity index (χ4v) is 1.13. The van der Waals surface area contributed by atoms with E-state index in [0.29, 0.717) is 12.1 Å². The van der Waals surface area contributed by atoms with Crippen LogP contribution in [-0.2, 0) is 4.79 Å². The zero-order valence-corrected chi connectivity index (χ0v) is 8.73. The first kappa shape index (κ1) is 12.4. The Labute approximate surface area is 85.7 Å². The predicted molar refractivity (Wildman–Crippen MR) is 60.9 cm³/mol. The summed E-state index contributed by atoms with van der Waals surface area (Å²) in [4.78, 5) is 11.3. The lowest BCUT2D eigenvalue weighted by atomic mass is 9.98. The molecule has 1 heterocycles. The highest BCUT2D eigenvalue weighted by atomic mass is 16.1. The summed E-state index contributed by atoms with van der Waals surface area (Å²) >= 11 is 0. The van der Waals surface area contributed by atoms with Crippen LogP contribution in [0, 0.1) is 0 Å². The Morgan fingerprint density at radius 3 is 2.50 bits per heavy atom. The van der Waals surface area contributed by atoms with Crippen molar-refractivity contribution in [1.29, 1.82) is 0 Å². The molecule has 0 aromatic heterocycles. The molecule has 2 nitrogen and oxygen atoms in total. The van der Waals surface area contributed by atoms with Crippen LogP contribution >= 0.6 is 0 Å². The third kappa shape index (κ3) is 3.44. The van der Waals surface area contributed by atoms with Crippen LogP contribution in [0.15, 0.2) is 49.1 Å². The van der Waals surface area contributed by atoms with Crippen molar-refractivity contribution in [2.75, 3.05) is 6.54 Å². The first-order valence-corrected chi connectivity index (χ1v) is 4.45. The SMILES string of the molecule is C=C.C=C(C)/C=C1\C(=C)CCNC1=O. The van der Waals surface area contributed by atoms with Crippen molar-refractivity contribution >= 4 is 5.91 Å². The molecule has 1 amide bonds. The maximum Gasteiger partial charge on any atom is 0.251 e. The van der Waals surface area contributed by atoms with Crippen LogP contribution in [0.25, 0.3) is 0 Å². The molecule has 0 aromatic carbocycles. The molecule has 0 bridgehead atoms. The fraction of sp³-hybridized carbons (Fsp3) is 0.250. The summed E-state index contributed by atoms with van der Waals surface area (Å²) in [5.41, 5.74) is 2.46. The number of hydrogen-bond acceptors (Lipinski definition) is 1. The van der Waals surface area contributed by atoms with Crippen LogP contribution in [-0.4, -0.2) is 12.5 Å². The molecule has 0 saturated carbocycles. The Bertz CT molecular complexity index is 269. The minimum Gasteiger partial charge on any atom is -0.352 e. The molecule has 1 saturated heterocycles. The molecule has 76 valence electrons. The molecule has 1 N–H and O–H groups in total. The second-order valence-electron chi connectivity index (χ2n) is 3.01. The van der Waals surface area contributed by atoms with Gasteiger partial charge < -0.3 is 5.32 Å². The van der Waals surface area contributed by atoms with E-state index in [1.54, 1.807) is 6.08 Å². The molecule has 14 heavy (non-hydrogen) atoms. The number of carbonyl (C=O) groups is 1. The Balaban J connectivity index is 0.000000791. The maximum absolute atomic E-state index is 11.3. The van der Waals surface area contributed by atoms with E-state index in [-0.39, 0.29) is 5.91 Å². The zero-order chi connectivity index (χ0) is 11.1. The van der Waals surface area contributed by atoms with Gasteiger partial charge in [0.05, 0.1) is 0 Å². The quantitative estimate of drug-likeness (QED) is 0.500. The molecular weight excluding hydrogens is 174 g/mol. The highest BCUT2D eigenvalue weighted by Crippen LogP contribution is 2.17. The van der Waals surface area contributed by atoms with Gasteiger partial charge in [0.2, 0.25) is 0 Å². The van der Waals surface area contributed by atoms with Gasteiger partial charge in [0.15, 0.2) is 0 Å². The second kappa shape index (κ2) is 5.97. The first-order valence-electron chi connectivity index (χ1n) is 4.45. The van der Waals surface area contributed by atoms with E-state index in [4.69, 9.17) is 0 Å². The van der Waals surface area contributed by atoms with Crippen LogP contribution in [0.2, 0.25) is 0 Å². The average molecular weight is 191 g/mol. The van der Waals surface area contributed by atoms with E-state index in [0.717, 1.165) is 17.6 Å². The number of hydrogen-bond donors (Lipinski definition) is 1. The molecule has 1 aliphatic heterocycles. The summed E-state index contributed by atoms with van der Waals surface area (Å²) in [6.45, 7) is 16.1. The molecule has 0 aromatic rings. The second-order valence-corrected chi connectivity index (χ2v) is 3.01. The van der Waals surface area contributed by atoms with Crippen molar-refractivity contribution < 1.29 is 4.79 Å². The van der Waals surface area contributed by atoms with Crippen molar-refractivity contribution in [3.8, 4) is 0 Å².